The molecule has 0 radical (unpaired) electrons. The van der Waals surface area contributed by atoms with Gasteiger partial charge >= 0.3 is 0 Å². The lowest BCUT2D eigenvalue weighted by Gasteiger charge is -2.32. The standard InChI is InChI=1S/C11H18N2S/c1-9-3-4-11(14-9)10(2)13-7-5-12-6-8-13/h3-4,10,12H,5-8H2,1-2H3. The van der Waals surface area contributed by atoms with Crippen LogP contribution in [0.1, 0.15) is 22.7 Å². The molecule has 1 aromatic rings. The highest BCUT2D eigenvalue weighted by Crippen LogP contribution is 2.27. The van der Waals surface area contributed by atoms with E-state index in [4.69, 9.17) is 0 Å². The summed E-state index contributed by atoms with van der Waals surface area (Å²) in [7, 11) is 0. The average Bonchev–Trinajstić information content (AvgIpc) is 2.65. The van der Waals surface area contributed by atoms with Gasteiger partial charge in [0.15, 0.2) is 0 Å². The molecule has 2 nitrogen and oxygen atoms in total. The molecule has 78 valence electrons. The number of hydrogen-bond acceptors (Lipinski definition) is 3. The van der Waals surface area contributed by atoms with Crippen LogP contribution in [0.4, 0.5) is 0 Å². The van der Waals surface area contributed by atoms with Gasteiger partial charge in [-0.15, -0.1) is 11.3 Å². The maximum atomic E-state index is 3.39. The molecule has 1 saturated heterocycles. The number of piperazine rings is 1. The van der Waals surface area contributed by atoms with Crippen molar-refractivity contribution in [1.82, 2.24) is 10.2 Å². The molecular weight excluding hydrogens is 192 g/mol. The molecule has 1 aliphatic heterocycles. The van der Waals surface area contributed by atoms with Crippen LogP contribution in [0.3, 0.4) is 0 Å². The van der Waals surface area contributed by atoms with Crippen LogP contribution in [0, 0.1) is 6.92 Å². The number of hydrogen-bond donors (Lipinski definition) is 1. The summed E-state index contributed by atoms with van der Waals surface area (Å²) in [6.45, 7) is 9.12. The van der Waals surface area contributed by atoms with Gasteiger partial charge in [-0.2, -0.15) is 0 Å². The minimum Gasteiger partial charge on any atom is -0.314 e. The largest absolute Gasteiger partial charge is 0.314 e. The van der Waals surface area contributed by atoms with Gasteiger partial charge in [0.1, 0.15) is 0 Å². The summed E-state index contributed by atoms with van der Waals surface area (Å²) in [5.41, 5.74) is 0. The molecule has 0 bridgehead atoms. The summed E-state index contributed by atoms with van der Waals surface area (Å²) in [4.78, 5) is 5.48. The van der Waals surface area contributed by atoms with Crippen molar-refractivity contribution < 1.29 is 0 Å². The summed E-state index contributed by atoms with van der Waals surface area (Å²) in [5, 5.41) is 3.39. The van der Waals surface area contributed by atoms with Gasteiger partial charge in [0.05, 0.1) is 0 Å². The van der Waals surface area contributed by atoms with Gasteiger partial charge in [0.2, 0.25) is 0 Å². The van der Waals surface area contributed by atoms with Crippen LogP contribution in [-0.2, 0) is 0 Å². The first-order chi connectivity index (χ1) is 6.77. The first-order valence-electron chi connectivity index (χ1n) is 5.28. The Kier molecular flexibility index (Phi) is 3.21. The first-order valence-corrected chi connectivity index (χ1v) is 6.10. The fourth-order valence-corrected chi connectivity index (χ4v) is 2.89. The fraction of sp³-hybridized carbons (Fsp3) is 0.636. The maximum absolute atomic E-state index is 3.39. The van der Waals surface area contributed by atoms with Gasteiger partial charge in [-0.25, -0.2) is 0 Å². The summed E-state index contributed by atoms with van der Waals surface area (Å²) in [6.07, 6.45) is 0. The van der Waals surface area contributed by atoms with Crippen LogP contribution < -0.4 is 5.32 Å². The van der Waals surface area contributed by atoms with E-state index in [0.29, 0.717) is 6.04 Å². The number of nitrogens with zero attached hydrogens (tertiary/aromatic N) is 1. The van der Waals surface area contributed by atoms with E-state index in [-0.39, 0.29) is 0 Å². The third-order valence-corrected chi connectivity index (χ3v) is 4.04. The Bertz CT molecular complexity index is 289. The van der Waals surface area contributed by atoms with E-state index in [1.807, 2.05) is 11.3 Å². The van der Waals surface area contributed by atoms with Gasteiger partial charge in [-0.05, 0) is 26.0 Å². The van der Waals surface area contributed by atoms with E-state index >= 15 is 0 Å². The zero-order valence-electron chi connectivity index (χ0n) is 8.92. The lowest BCUT2D eigenvalue weighted by Crippen LogP contribution is -2.44. The van der Waals surface area contributed by atoms with Crippen molar-refractivity contribution in [2.45, 2.75) is 19.9 Å². The second-order valence-corrected chi connectivity index (χ2v) is 5.23. The molecule has 2 rings (SSSR count). The van der Waals surface area contributed by atoms with E-state index < -0.39 is 0 Å². The third kappa shape index (κ3) is 2.16. The van der Waals surface area contributed by atoms with Crippen molar-refractivity contribution in [2.75, 3.05) is 26.2 Å². The third-order valence-electron chi connectivity index (χ3n) is 2.87. The molecule has 1 unspecified atom stereocenters. The van der Waals surface area contributed by atoms with Crippen molar-refractivity contribution >= 4 is 11.3 Å². The van der Waals surface area contributed by atoms with Gasteiger partial charge in [-0.1, -0.05) is 0 Å². The smallest absolute Gasteiger partial charge is 0.0414 e. The Morgan fingerprint density at radius 1 is 1.36 bits per heavy atom. The van der Waals surface area contributed by atoms with Gasteiger partial charge in [0.25, 0.3) is 0 Å². The van der Waals surface area contributed by atoms with Crippen molar-refractivity contribution in [1.29, 1.82) is 0 Å². The molecule has 0 amide bonds. The van der Waals surface area contributed by atoms with Crippen LogP contribution >= 0.6 is 11.3 Å². The van der Waals surface area contributed by atoms with Crippen LogP contribution in [0.5, 0.6) is 0 Å². The van der Waals surface area contributed by atoms with E-state index in [9.17, 15) is 0 Å². The first kappa shape index (κ1) is 10.1. The van der Waals surface area contributed by atoms with E-state index in [2.05, 4.69) is 36.2 Å². The fourth-order valence-electron chi connectivity index (χ4n) is 1.93. The second-order valence-electron chi connectivity index (χ2n) is 3.91. The second kappa shape index (κ2) is 4.43. The SMILES string of the molecule is Cc1ccc(C(C)N2CCNCC2)s1. The minimum absolute atomic E-state index is 0.593. The molecule has 0 aliphatic carbocycles. The van der Waals surface area contributed by atoms with Crippen molar-refractivity contribution in [3.05, 3.63) is 21.9 Å². The summed E-state index contributed by atoms with van der Waals surface area (Å²) in [6, 6.07) is 5.08. The molecule has 0 aromatic carbocycles. The Morgan fingerprint density at radius 2 is 2.07 bits per heavy atom. The van der Waals surface area contributed by atoms with Gasteiger partial charge in [0, 0.05) is 42.0 Å². The molecule has 3 heteroatoms. The summed E-state index contributed by atoms with van der Waals surface area (Å²) >= 11 is 1.93. The molecule has 1 aliphatic rings. The lowest BCUT2D eigenvalue weighted by atomic mass is 10.2. The molecule has 1 fully saturated rings. The minimum atomic E-state index is 0.593. The van der Waals surface area contributed by atoms with Gasteiger partial charge < -0.3 is 5.32 Å². The quantitative estimate of drug-likeness (QED) is 0.803. The molecule has 0 saturated carbocycles. The van der Waals surface area contributed by atoms with E-state index in [0.717, 1.165) is 13.1 Å². The number of thiophene rings is 1. The predicted molar refractivity (Wildman–Crippen MR) is 61.9 cm³/mol. The molecule has 2 heterocycles. The number of rotatable bonds is 2. The van der Waals surface area contributed by atoms with Crippen molar-refractivity contribution in [3.63, 3.8) is 0 Å². The molecule has 0 spiro atoms. The Morgan fingerprint density at radius 3 is 2.64 bits per heavy atom. The Balaban J connectivity index is 2.03. The zero-order valence-corrected chi connectivity index (χ0v) is 9.73. The molecule has 1 aromatic heterocycles. The zero-order chi connectivity index (χ0) is 9.97. The van der Waals surface area contributed by atoms with Crippen molar-refractivity contribution in [2.24, 2.45) is 0 Å². The number of aryl methyl sites for hydroxylation is 1. The summed E-state index contributed by atoms with van der Waals surface area (Å²) < 4.78 is 0. The predicted octanol–water partition coefficient (Wildman–Crippen LogP) is 2.02. The van der Waals surface area contributed by atoms with Gasteiger partial charge in [-0.3, -0.25) is 4.90 Å². The van der Waals surface area contributed by atoms with Crippen LogP contribution in [0.15, 0.2) is 12.1 Å². The monoisotopic (exact) mass is 210 g/mol. The molecule has 1 atom stereocenters. The van der Waals surface area contributed by atoms with Crippen molar-refractivity contribution in [3.8, 4) is 0 Å². The molecule has 14 heavy (non-hydrogen) atoms. The highest BCUT2D eigenvalue weighted by atomic mass is 32.1. The van der Waals surface area contributed by atoms with E-state index in [1.54, 1.807) is 0 Å². The Labute approximate surface area is 89.9 Å². The lowest BCUT2D eigenvalue weighted by molar-refractivity contribution is 0.188. The van der Waals surface area contributed by atoms with E-state index in [1.165, 1.54) is 22.8 Å². The Hall–Kier alpha value is -0.380. The average molecular weight is 210 g/mol. The topological polar surface area (TPSA) is 15.3 Å². The summed E-state index contributed by atoms with van der Waals surface area (Å²) in [5.74, 6) is 0. The molecular formula is C11H18N2S. The van der Waals surface area contributed by atoms with Crippen LogP contribution in [0.25, 0.3) is 0 Å². The van der Waals surface area contributed by atoms with Crippen LogP contribution in [0.2, 0.25) is 0 Å². The highest BCUT2D eigenvalue weighted by molar-refractivity contribution is 7.12. The maximum Gasteiger partial charge on any atom is 0.0414 e. The molecule has 1 N–H and O–H groups in total. The normalized spacial score (nSPS) is 21.0. The highest BCUT2D eigenvalue weighted by Gasteiger charge is 2.18. The van der Waals surface area contributed by atoms with Crippen LogP contribution in [-0.4, -0.2) is 31.1 Å². The number of nitrogens with one attached hydrogen (secondary N) is 1.